The average Bonchev–Trinajstić information content (AvgIpc) is 2.45. The van der Waals surface area contributed by atoms with Gasteiger partial charge < -0.3 is 10.3 Å². The number of benzene rings is 1. The summed E-state index contributed by atoms with van der Waals surface area (Å²) >= 11 is 0. The van der Waals surface area contributed by atoms with E-state index in [0.29, 0.717) is 5.92 Å². The van der Waals surface area contributed by atoms with Gasteiger partial charge in [0.25, 0.3) is 0 Å². The van der Waals surface area contributed by atoms with Crippen molar-refractivity contribution in [2.45, 2.75) is 27.3 Å². The van der Waals surface area contributed by atoms with Gasteiger partial charge in [0.05, 0.1) is 11.2 Å². The van der Waals surface area contributed by atoms with E-state index in [1.54, 1.807) is 0 Å². The van der Waals surface area contributed by atoms with Crippen molar-refractivity contribution in [1.29, 1.82) is 0 Å². The van der Waals surface area contributed by atoms with Crippen molar-refractivity contribution in [3.05, 3.63) is 24.0 Å². The molecule has 0 aliphatic rings. The Bertz CT molecular complexity index is 483. The summed E-state index contributed by atoms with van der Waals surface area (Å²) in [5.41, 5.74) is 8.72. The van der Waals surface area contributed by atoms with Crippen LogP contribution in [0, 0.1) is 12.8 Å². The van der Waals surface area contributed by atoms with Gasteiger partial charge in [-0.2, -0.15) is 0 Å². The van der Waals surface area contributed by atoms with Crippen LogP contribution in [0.5, 0.6) is 0 Å². The van der Waals surface area contributed by atoms with E-state index < -0.39 is 0 Å². The Morgan fingerprint density at radius 3 is 2.80 bits per heavy atom. The summed E-state index contributed by atoms with van der Waals surface area (Å²) in [6, 6.07) is 5.96. The van der Waals surface area contributed by atoms with Crippen molar-refractivity contribution >= 4 is 16.7 Å². The lowest BCUT2D eigenvalue weighted by Gasteiger charge is -2.09. The minimum atomic E-state index is 0.613. The van der Waals surface area contributed by atoms with Crippen LogP contribution >= 0.6 is 0 Å². The van der Waals surface area contributed by atoms with E-state index in [-0.39, 0.29) is 0 Å². The number of fused-ring (bicyclic) bond motifs is 1. The van der Waals surface area contributed by atoms with Gasteiger partial charge in [0.15, 0.2) is 0 Å². The van der Waals surface area contributed by atoms with Crippen molar-refractivity contribution in [2.24, 2.45) is 5.92 Å². The second-order valence-electron chi connectivity index (χ2n) is 4.38. The SMILES string of the molecule is Cc1nc2c(N)cccc2n1CC(C)C. The summed E-state index contributed by atoms with van der Waals surface area (Å²) in [7, 11) is 0. The normalized spacial score (nSPS) is 11.5. The third-order valence-corrected chi connectivity index (χ3v) is 2.55. The number of para-hydroxylation sites is 1. The zero-order chi connectivity index (χ0) is 11.0. The molecule has 1 heterocycles. The molecule has 0 amide bonds. The Balaban J connectivity index is 2.63. The number of anilines is 1. The average molecular weight is 203 g/mol. The van der Waals surface area contributed by atoms with E-state index in [2.05, 4.69) is 29.5 Å². The van der Waals surface area contributed by atoms with E-state index in [9.17, 15) is 0 Å². The fraction of sp³-hybridized carbons (Fsp3) is 0.417. The molecule has 80 valence electrons. The third kappa shape index (κ3) is 1.69. The number of aromatic nitrogens is 2. The van der Waals surface area contributed by atoms with Gasteiger partial charge in [-0.15, -0.1) is 0 Å². The van der Waals surface area contributed by atoms with Crippen LogP contribution < -0.4 is 5.73 Å². The molecule has 1 aromatic heterocycles. The van der Waals surface area contributed by atoms with Gasteiger partial charge in [-0.05, 0) is 25.0 Å². The van der Waals surface area contributed by atoms with Gasteiger partial charge in [-0.25, -0.2) is 4.98 Å². The summed E-state index contributed by atoms with van der Waals surface area (Å²) < 4.78 is 2.23. The number of nitrogen functional groups attached to an aromatic ring is 1. The number of rotatable bonds is 2. The molecule has 2 N–H and O–H groups in total. The highest BCUT2D eigenvalue weighted by molar-refractivity contribution is 5.87. The highest BCUT2D eigenvalue weighted by Crippen LogP contribution is 2.22. The van der Waals surface area contributed by atoms with Crippen molar-refractivity contribution in [3.63, 3.8) is 0 Å². The number of hydrogen-bond acceptors (Lipinski definition) is 2. The minimum Gasteiger partial charge on any atom is -0.397 e. The van der Waals surface area contributed by atoms with Crippen LogP contribution in [0.1, 0.15) is 19.7 Å². The van der Waals surface area contributed by atoms with Crippen LogP contribution in [-0.2, 0) is 6.54 Å². The van der Waals surface area contributed by atoms with Gasteiger partial charge in [0.1, 0.15) is 11.3 Å². The Labute approximate surface area is 89.9 Å². The number of hydrogen-bond donors (Lipinski definition) is 1. The van der Waals surface area contributed by atoms with Gasteiger partial charge in [0.2, 0.25) is 0 Å². The van der Waals surface area contributed by atoms with Crippen molar-refractivity contribution in [3.8, 4) is 0 Å². The number of aryl methyl sites for hydroxylation is 1. The quantitative estimate of drug-likeness (QED) is 0.762. The smallest absolute Gasteiger partial charge is 0.112 e. The summed E-state index contributed by atoms with van der Waals surface area (Å²) in [6.45, 7) is 7.43. The molecule has 0 bridgehead atoms. The van der Waals surface area contributed by atoms with Crippen LogP contribution in [0.15, 0.2) is 18.2 Å². The maximum absolute atomic E-state index is 5.89. The maximum Gasteiger partial charge on any atom is 0.112 e. The molecular formula is C12H17N3. The summed E-state index contributed by atoms with van der Waals surface area (Å²) in [4.78, 5) is 4.50. The van der Waals surface area contributed by atoms with Crippen molar-refractivity contribution in [2.75, 3.05) is 5.73 Å². The molecule has 0 fully saturated rings. The molecule has 0 atom stereocenters. The zero-order valence-electron chi connectivity index (χ0n) is 9.49. The molecule has 0 aliphatic heterocycles. The first-order valence-electron chi connectivity index (χ1n) is 5.31. The fourth-order valence-corrected chi connectivity index (χ4v) is 1.88. The summed E-state index contributed by atoms with van der Waals surface area (Å²) in [6.07, 6.45) is 0. The zero-order valence-corrected chi connectivity index (χ0v) is 9.49. The first kappa shape index (κ1) is 10.0. The van der Waals surface area contributed by atoms with Crippen LogP contribution in [0.25, 0.3) is 11.0 Å². The Hall–Kier alpha value is -1.51. The highest BCUT2D eigenvalue weighted by atomic mass is 15.1. The van der Waals surface area contributed by atoms with Crippen molar-refractivity contribution < 1.29 is 0 Å². The minimum absolute atomic E-state index is 0.613. The first-order valence-corrected chi connectivity index (χ1v) is 5.31. The van der Waals surface area contributed by atoms with Crippen LogP contribution in [-0.4, -0.2) is 9.55 Å². The highest BCUT2D eigenvalue weighted by Gasteiger charge is 2.09. The van der Waals surface area contributed by atoms with Crippen LogP contribution in [0.3, 0.4) is 0 Å². The van der Waals surface area contributed by atoms with E-state index in [4.69, 9.17) is 5.73 Å². The second-order valence-corrected chi connectivity index (χ2v) is 4.38. The molecule has 0 saturated carbocycles. The standard InChI is InChI=1S/C12H17N3/c1-8(2)7-15-9(3)14-12-10(13)5-4-6-11(12)15/h4-6,8H,7,13H2,1-3H3. The topological polar surface area (TPSA) is 43.8 Å². The van der Waals surface area contributed by atoms with Gasteiger partial charge >= 0.3 is 0 Å². The Morgan fingerprint density at radius 2 is 2.13 bits per heavy atom. The van der Waals surface area contributed by atoms with Crippen LogP contribution in [0.2, 0.25) is 0 Å². The molecule has 0 unspecified atom stereocenters. The largest absolute Gasteiger partial charge is 0.397 e. The van der Waals surface area contributed by atoms with E-state index >= 15 is 0 Å². The number of imidazole rings is 1. The molecule has 2 aromatic rings. The summed E-state index contributed by atoms with van der Waals surface area (Å²) in [5, 5.41) is 0. The lowest BCUT2D eigenvalue weighted by molar-refractivity contribution is 0.524. The van der Waals surface area contributed by atoms with E-state index in [0.717, 1.165) is 29.1 Å². The molecule has 0 spiro atoms. The lowest BCUT2D eigenvalue weighted by Crippen LogP contribution is -2.05. The maximum atomic E-state index is 5.89. The third-order valence-electron chi connectivity index (χ3n) is 2.55. The van der Waals surface area contributed by atoms with Gasteiger partial charge in [-0.3, -0.25) is 0 Å². The fourth-order valence-electron chi connectivity index (χ4n) is 1.88. The number of nitrogens with zero attached hydrogens (tertiary/aromatic N) is 2. The molecule has 15 heavy (non-hydrogen) atoms. The molecular weight excluding hydrogens is 186 g/mol. The van der Waals surface area contributed by atoms with Gasteiger partial charge in [-0.1, -0.05) is 19.9 Å². The molecule has 0 saturated heterocycles. The predicted molar refractivity (Wildman–Crippen MR) is 63.7 cm³/mol. The van der Waals surface area contributed by atoms with Crippen molar-refractivity contribution in [1.82, 2.24) is 9.55 Å². The molecule has 0 radical (unpaired) electrons. The van der Waals surface area contributed by atoms with Gasteiger partial charge in [0, 0.05) is 6.54 Å². The van der Waals surface area contributed by atoms with Crippen LogP contribution in [0.4, 0.5) is 5.69 Å². The predicted octanol–water partition coefficient (Wildman–Crippen LogP) is 2.58. The second kappa shape index (κ2) is 3.57. The first-order chi connectivity index (χ1) is 7.09. The molecule has 0 aliphatic carbocycles. The lowest BCUT2D eigenvalue weighted by atomic mass is 10.2. The molecule has 1 aromatic carbocycles. The van der Waals surface area contributed by atoms with E-state index in [1.165, 1.54) is 0 Å². The Kier molecular flexibility index (Phi) is 2.39. The molecule has 3 nitrogen and oxygen atoms in total. The number of nitrogens with two attached hydrogens (primary N) is 1. The monoisotopic (exact) mass is 203 g/mol. The molecule has 2 rings (SSSR count). The van der Waals surface area contributed by atoms with E-state index in [1.807, 2.05) is 19.1 Å². The molecule has 3 heteroatoms. The Morgan fingerprint density at radius 1 is 1.40 bits per heavy atom. The summed E-state index contributed by atoms with van der Waals surface area (Å²) in [5.74, 6) is 1.65.